The second-order valence-electron chi connectivity index (χ2n) is 6.79. The number of pyridine rings is 1. The quantitative estimate of drug-likeness (QED) is 0.556. The van der Waals surface area contributed by atoms with Crippen molar-refractivity contribution in [2.45, 2.75) is 18.4 Å². The molecule has 0 bridgehead atoms. The summed E-state index contributed by atoms with van der Waals surface area (Å²) in [6.45, 7) is 1.36. The minimum atomic E-state index is -3.59. The number of ether oxygens (including phenoxy) is 2. The summed E-state index contributed by atoms with van der Waals surface area (Å²) in [6.07, 6.45) is 1.30. The highest BCUT2D eigenvalue weighted by molar-refractivity contribution is 5.39. The number of nitrogens with zero attached hydrogens (tertiary/aromatic N) is 2. The standard InChI is InChI=1S/C22H15F3N2O2/c1-14-2-8-18(19(23)10-14)22(24,25)21(13-28-21)20-9-7-17(12-27-20)29-16-5-3-15(11-26)4-6-16/h2-10,12H,13H2,1H3. The average molecular weight is 396 g/mol. The van der Waals surface area contributed by atoms with E-state index in [1.54, 1.807) is 31.2 Å². The van der Waals surface area contributed by atoms with Crippen LogP contribution in [0.15, 0.2) is 60.8 Å². The van der Waals surface area contributed by atoms with Crippen LogP contribution in [-0.2, 0) is 16.3 Å². The number of benzene rings is 2. The van der Waals surface area contributed by atoms with Crippen molar-refractivity contribution in [2.75, 3.05) is 6.61 Å². The first-order valence-electron chi connectivity index (χ1n) is 8.79. The van der Waals surface area contributed by atoms with Gasteiger partial charge in [-0.3, -0.25) is 4.98 Å². The number of hydrogen-bond donors (Lipinski definition) is 0. The third-order valence-electron chi connectivity index (χ3n) is 4.77. The van der Waals surface area contributed by atoms with Gasteiger partial charge in [0.1, 0.15) is 17.3 Å². The lowest BCUT2D eigenvalue weighted by atomic mass is 9.91. The molecule has 1 aromatic heterocycles. The van der Waals surface area contributed by atoms with Gasteiger partial charge in [-0.1, -0.05) is 6.07 Å². The molecule has 7 heteroatoms. The zero-order chi connectivity index (χ0) is 20.6. The van der Waals surface area contributed by atoms with Gasteiger partial charge in [-0.2, -0.15) is 14.0 Å². The molecule has 4 rings (SSSR count). The number of aromatic nitrogens is 1. The first-order valence-corrected chi connectivity index (χ1v) is 8.79. The maximum atomic E-state index is 15.1. The Balaban J connectivity index is 1.58. The van der Waals surface area contributed by atoms with E-state index in [2.05, 4.69) is 4.98 Å². The van der Waals surface area contributed by atoms with Crippen molar-refractivity contribution in [1.82, 2.24) is 4.98 Å². The number of hydrogen-bond acceptors (Lipinski definition) is 4. The Hall–Kier alpha value is -3.37. The molecule has 4 nitrogen and oxygen atoms in total. The molecule has 3 aromatic rings. The molecule has 0 aliphatic carbocycles. The molecule has 0 radical (unpaired) electrons. The predicted molar refractivity (Wildman–Crippen MR) is 98.1 cm³/mol. The van der Waals surface area contributed by atoms with Gasteiger partial charge < -0.3 is 9.47 Å². The minimum absolute atomic E-state index is 0.00495. The predicted octanol–water partition coefficient (Wildman–Crippen LogP) is 5.21. The van der Waals surface area contributed by atoms with E-state index in [1.807, 2.05) is 6.07 Å². The van der Waals surface area contributed by atoms with E-state index in [0.29, 0.717) is 22.6 Å². The molecule has 0 N–H and O–H groups in total. The minimum Gasteiger partial charge on any atom is -0.456 e. The zero-order valence-electron chi connectivity index (χ0n) is 15.3. The highest BCUT2D eigenvalue weighted by Gasteiger charge is 2.68. The van der Waals surface area contributed by atoms with Gasteiger partial charge in [0.05, 0.1) is 35.7 Å². The van der Waals surface area contributed by atoms with Gasteiger partial charge in [0.25, 0.3) is 0 Å². The van der Waals surface area contributed by atoms with Crippen LogP contribution in [0.5, 0.6) is 11.5 Å². The van der Waals surface area contributed by atoms with E-state index < -0.39 is 22.9 Å². The Bertz CT molecular complexity index is 1090. The second kappa shape index (κ2) is 6.90. The number of alkyl halides is 2. The Labute approximate surface area is 165 Å². The van der Waals surface area contributed by atoms with Gasteiger partial charge in [0.2, 0.25) is 5.60 Å². The largest absolute Gasteiger partial charge is 0.456 e. The molecule has 29 heavy (non-hydrogen) atoms. The van der Waals surface area contributed by atoms with Crippen molar-refractivity contribution in [3.8, 4) is 17.6 Å². The Kier molecular flexibility index (Phi) is 4.52. The first-order chi connectivity index (χ1) is 13.9. The van der Waals surface area contributed by atoms with Crippen LogP contribution in [0.1, 0.15) is 22.4 Å². The van der Waals surface area contributed by atoms with Gasteiger partial charge in [0, 0.05) is 0 Å². The van der Waals surface area contributed by atoms with Crippen LogP contribution in [0.2, 0.25) is 0 Å². The van der Waals surface area contributed by atoms with Crippen molar-refractivity contribution in [3.05, 3.63) is 89.0 Å². The highest BCUT2D eigenvalue weighted by Crippen LogP contribution is 2.56. The van der Waals surface area contributed by atoms with Crippen LogP contribution < -0.4 is 4.74 Å². The number of epoxide rings is 1. The third kappa shape index (κ3) is 3.32. The van der Waals surface area contributed by atoms with Crippen LogP contribution in [0.25, 0.3) is 0 Å². The fraction of sp³-hybridized carbons (Fsp3) is 0.182. The van der Waals surface area contributed by atoms with Crippen LogP contribution in [0.4, 0.5) is 13.2 Å². The summed E-state index contributed by atoms with van der Waals surface area (Å²) in [5.41, 5.74) is -1.69. The first kappa shape index (κ1) is 19.0. The monoisotopic (exact) mass is 396 g/mol. The smallest absolute Gasteiger partial charge is 0.312 e. The fourth-order valence-corrected chi connectivity index (χ4v) is 3.07. The molecular weight excluding hydrogens is 381 g/mol. The van der Waals surface area contributed by atoms with E-state index in [9.17, 15) is 4.39 Å². The van der Waals surface area contributed by atoms with E-state index >= 15 is 8.78 Å². The third-order valence-corrected chi connectivity index (χ3v) is 4.77. The number of rotatable bonds is 5. The lowest BCUT2D eigenvalue weighted by Gasteiger charge is -2.24. The van der Waals surface area contributed by atoms with Crippen molar-refractivity contribution >= 4 is 0 Å². The maximum Gasteiger partial charge on any atom is 0.312 e. The van der Waals surface area contributed by atoms with Crippen LogP contribution >= 0.6 is 0 Å². The fourth-order valence-electron chi connectivity index (χ4n) is 3.07. The van der Waals surface area contributed by atoms with E-state index in [1.165, 1.54) is 24.4 Å². The molecule has 2 aromatic carbocycles. The second-order valence-corrected chi connectivity index (χ2v) is 6.79. The van der Waals surface area contributed by atoms with Crippen LogP contribution in [-0.4, -0.2) is 11.6 Å². The highest BCUT2D eigenvalue weighted by atomic mass is 19.3. The van der Waals surface area contributed by atoms with Gasteiger partial charge in [-0.05, 0) is 61.0 Å². The molecule has 146 valence electrons. The van der Waals surface area contributed by atoms with Gasteiger partial charge >= 0.3 is 5.92 Å². The molecule has 1 saturated heterocycles. The average Bonchev–Trinajstić information content (AvgIpc) is 3.51. The lowest BCUT2D eigenvalue weighted by Crippen LogP contribution is -2.34. The van der Waals surface area contributed by atoms with Crippen molar-refractivity contribution in [3.63, 3.8) is 0 Å². The van der Waals surface area contributed by atoms with Gasteiger partial charge in [-0.15, -0.1) is 0 Å². The molecule has 1 aliphatic heterocycles. The topological polar surface area (TPSA) is 58.4 Å². The van der Waals surface area contributed by atoms with Crippen LogP contribution in [0, 0.1) is 24.1 Å². The zero-order valence-corrected chi connectivity index (χ0v) is 15.3. The summed E-state index contributed by atoms with van der Waals surface area (Å²) in [5.74, 6) is -3.76. The van der Waals surface area contributed by atoms with E-state index in [0.717, 1.165) is 12.1 Å². The Morgan fingerprint density at radius 2 is 1.79 bits per heavy atom. The molecule has 1 atom stereocenters. The van der Waals surface area contributed by atoms with E-state index in [-0.39, 0.29) is 12.3 Å². The van der Waals surface area contributed by atoms with Crippen molar-refractivity contribution < 1.29 is 22.6 Å². The number of nitriles is 1. The van der Waals surface area contributed by atoms with Crippen molar-refractivity contribution in [2.24, 2.45) is 0 Å². The molecule has 0 amide bonds. The molecule has 1 fully saturated rings. The molecule has 0 spiro atoms. The molecular formula is C22H15F3N2O2. The van der Waals surface area contributed by atoms with Gasteiger partial charge in [-0.25, -0.2) is 4.39 Å². The summed E-state index contributed by atoms with van der Waals surface area (Å²) >= 11 is 0. The summed E-state index contributed by atoms with van der Waals surface area (Å²) in [5, 5.41) is 8.81. The number of aryl methyl sites for hydroxylation is 1. The van der Waals surface area contributed by atoms with Crippen LogP contribution in [0.3, 0.4) is 0 Å². The molecule has 1 aliphatic rings. The van der Waals surface area contributed by atoms with E-state index in [4.69, 9.17) is 14.7 Å². The molecule has 0 saturated carbocycles. The van der Waals surface area contributed by atoms with Gasteiger partial charge in [0.15, 0.2) is 0 Å². The number of halogens is 3. The summed E-state index contributed by atoms with van der Waals surface area (Å²) in [7, 11) is 0. The Morgan fingerprint density at radius 3 is 2.34 bits per heavy atom. The lowest BCUT2D eigenvalue weighted by molar-refractivity contribution is -0.0895. The summed E-state index contributed by atoms with van der Waals surface area (Å²) in [6, 6.07) is 14.9. The SMILES string of the molecule is Cc1ccc(C(F)(F)C2(c3ccc(Oc4ccc(C#N)cc4)cn3)CO2)c(F)c1. The summed E-state index contributed by atoms with van der Waals surface area (Å²) < 4.78 is 55.2. The molecule has 1 unspecified atom stereocenters. The Morgan fingerprint density at radius 1 is 1.10 bits per heavy atom. The molecule has 2 heterocycles. The maximum absolute atomic E-state index is 15.1. The normalized spacial score (nSPS) is 18.2. The van der Waals surface area contributed by atoms with Crippen molar-refractivity contribution in [1.29, 1.82) is 5.26 Å². The summed E-state index contributed by atoms with van der Waals surface area (Å²) in [4.78, 5) is 4.08.